The summed E-state index contributed by atoms with van der Waals surface area (Å²) in [7, 11) is 0. The number of anilines is 1. The van der Waals surface area contributed by atoms with Gasteiger partial charge in [0.2, 0.25) is 5.13 Å². The van der Waals surface area contributed by atoms with Gasteiger partial charge in [-0.05, 0) is 36.4 Å². The minimum atomic E-state index is -4.74. The topological polar surface area (TPSA) is 62.3 Å². The van der Waals surface area contributed by atoms with Crippen LogP contribution >= 0.6 is 57.7 Å². The summed E-state index contributed by atoms with van der Waals surface area (Å²) < 4.78 is 39.0. The molecule has 0 spiro atoms. The largest absolute Gasteiger partial charge is 0.434 e. The number of nitrogens with one attached hydrogen (secondary N) is 1. The van der Waals surface area contributed by atoms with Gasteiger partial charge in [0, 0.05) is 36.6 Å². The summed E-state index contributed by atoms with van der Waals surface area (Å²) in [6.45, 7) is 0. The van der Waals surface area contributed by atoms with Crippen LogP contribution in [0.25, 0.3) is 0 Å². The van der Waals surface area contributed by atoms with Crippen molar-refractivity contribution in [1.29, 1.82) is 0 Å². The molecule has 2 aromatic carbocycles. The lowest BCUT2D eigenvalue weighted by Gasteiger charge is -2.21. The van der Waals surface area contributed by atoms with Crippen molar-refractivity contribution >= 4 is 74.7 Å². The number of hydrazine groups is 1. The number of alkyl halides is 3. The first-order chi connectivity index (χ1) is 14.4. The average Bonchev–Trinajstić information content (AvgIpc) is 3.14. The van der Waals surface area contributed by atoms with E-state index in [1.807, 2.05) is 0 Å². The summed E-state index contributed by atoms with van der Waals surface area (Å²) in [5.74, 6) is -1.79. The molecule has 1 heterocycles. The van der Waals surface area contributed by atoms with Gasteiger partial charge in [-0.15, -0.1) is 11.3 Å². The molecule has 2 amide bonds. The second kappa shape index (κ2) is 9.22. The molecule has 162 valence electrons. The molecule has 3 rings (SSSR count). The van der Waals surface area contributed by atoms with Crippen molar-refractivity contribution in [1.82, 2.24) is 10.4 Å². The number of hydrogen-bond donors (Lipinski definition) is 1. The molecule has 5 nitrogen and oxygen atoms in total. The molecule has 1 aromatic heterocycles. The smallest absolute Gasteiger partial charge is 0.267 e. The highest BCUT2D eigenvalue weighted by molar-refractivity contribution is 7.14. The number of rotatable bonds is 3. The van der Waals surface area contributed by atoms with Gasteiger partial charge in [0.25, 0.3) is 11.8 Å². The molecule has 0 atom stereocenters. The molecular weight excluding hydrogens is 521 g/mol. The van der Waals surface area contributed by atoms with Gasteiger partial charge in [-0.2, -0.15) is 18.2 Å². The minimum Gasteiger partial charge on any atom is -0.267 e. The Labute approximate surface area is 197 Å². The van der Waals surface area contributed by atoms with E-state index in [1.165, 1.54) is 36.4 Å². The van der Waals surface area contributed by atoms with Crippen LogP contribution in [0.2, 0.25) is 20.1 Å². The van der Waals surface area contributed by atoms with Crippen molar-refractivity contribution in [3.8, 4) is 0 Å². The minimum absolute atomic E-state index is 0.0352. The normalized spacial score (nSPS) is 11.3. The van der Waals surface area contributed by atoms with Gasteiger partial charge in [0.1, 0.15) is 0 Å². The lowest BCUT2D eigenvalue weighted by atomic mass is 10.2. The standard InChI is InChI=1S/C18H8Cl4F3N3O2S/c19-10-1-8(2-11(20)5-10)15(29)27-28(17-26-14(7-31-17)18(23,24)25)16(30)9-3-12(21)6-13(22)4-9/h1-7H,(H,27,29). The highest BCUT2D eigenvalue weighted by Gasteiger charge is 2.35. The van der Waals surface area contributed by atoms with E-state index in [0.29, 0.717) is 21.7 Å². The zero-order valence-electron chi connectivity index (χ0n) is 14.8. The Hall–Kier alpha value is -2.04. The molecule has 13 heteroatoms. The molecule has 0 bridgehead atoms. The quantitative estimate of drug-likeness (QED) is 0.382. The van der Waals surface area contributed by atoms with Crippen molar-refractivity contribution in [2.75, 3.05) is 5.01 Å². The van der Waals surface area contributed by atoms with E-state index >= 15 is 0 Å². The van der Waals surface area contributed by atoms with Crippen LogP contribution in [-0.4, -0.2) is 16.8 Å². The number of hydrogen-bond acceptors (Lipinski definition) is 4. The molecule has 0 aliphatic rings. The van der Waals surface area contributed by atoms with E-state index in [4.69, 9.17) is 46.4 Å². The second-order valence-electron chi connectivity index (χ2n) is 5.91. The van der Waals surface area contributed by atoms with Gasteiger partial charge >= 0.3 is 6.18 Å². The van der Waals surface area contributed by atoms with E-state index in [2.05, 4.69) is 10.4 Å². The fourth-order valence-corrected chi connectivity index (χ4v) is 4.18. The van der Waals surface area contributed by atoms with Crippen molar-refractivity contribution in [2.45, 2.75) is 6.18 Å². The number of carbonyl (C=O) groups excluding carboxylic acids is 2. The summed E-state index contributed by atoms with van der Waals surface area (Å²) in [5.41, 5.74) is 0.874. The van der Waals surface area contributed by atoms with Crippen molar-refractivity contribution in [2.24, 2.45) is 0 Å². The predicted molar refractivity (Wildman–Crippen MR) is 114 cm³/mol. The molecule has 0 saturated carbocycles. The van der Waals surface area contributed by atoms with E-state index in [9.17, 15) is 22.8 Å². The van der Waals surface area contributed by atoms with E-state index in [1.54, 1.807) is 0 Å². The van der Waals surface area contributed by atoms with Crippen LogP contribution in [0.1, 0.15) is 26.4 Å². The van der Waals surface area contributed by atoms with Crippen LogP contribution in [0.5, 0.6) is 0 Å². The number of amides is 2. The van der Waals surface area contributed by atoms with Crippen molar-refractivity contribution in [3.63, 3.8) is 0 Å². The van der Waals surface area contributed by atoms with Gasteiger partial charge in [0.15, 0.2) is 5.69 Å². The zero-order valence-corrected chi connectivity index (χ0v) is 18.6. The van der Waals surface area contributed by atoms with Gasteiger partial charge in [-0.25, -0.2) is 4.98 Å². The Morgan fingerprint density at radius 2 is 1.35 bits per heavy atom. The van der Waals surface area contributed by atoms with Gasteiger partial charge in [-0.3, -0.25) is 15.0 Å². The SMILES string of the molecule is O=C(NN(C(=O)c1cc(Cl)cc(Cl)c1)c1nc(C(F)(F)F)cs1)c1cc(Cl)cc(Cl)c1. The summed E-state index contributed by atoms with van der Waals surface area (Å²) in [6.07, 6.45) is -4.74. The fraction of sp³-hybridized carbons (Fsp3) is 0.0556. The second-order valence-corrected chi connectivity index (χ2v) is 8.49. The molecule has 31 heavy (non-hydrogen) atoms. The summed E-state index contributed by atoms with van der Waals surface area (Å²) in [4.78, 5) is 29.1. The molecular formula is C18H8Cl4F3N3O2S. The van der Waals surface area contributed by atoms with Crippen LogP contribution < -0.4 is 10.4 Å². The number of aromatic nitrogens is 1. The van der Waals surface area contributed by atoms with Crippen LogP contribution in [0.3, 0.4) is 0 Å². The Morgan fingerprint density at radius 3 is 1.81 bits per heavy atom. The average molecular weight is 529 g/mol. The van der Waals surface area contributed by atoms with E-state index in [0.717, 1.165) is 0 Å². The van der Waals surface area contributed by atoms with Gasteiger partial charge in [-0.1, -0.05) is 46.4 Å². The van der Waals surface area contributed by atoms with Crippen LogP contribution in [0, 0.1) is 0 Å². The predicted octanol–water partition coefficient (Wildman–Crippen LogP) is 6.77. The molecule has 0 unspecified atom stereocenters. The van der Waals surface area contributed by atoms with Crippen LogP contribution in [-0.2, 0) is 6.18 Å². The maximum atomic E-state index is 13.0. The zero-order chi connectivity index (χ0) is 22.9. The summed E-state index contributed by atoms with van der Waals surface area (Å²) >= 11 is 24.1. The lowest BCUT2D eigenvalue weighted by Crippen LogP contribution is -2.46. The maximum Gasteiger partial charge on any atom is 0.434 e. The van der Waals surface area contributed by atoms with Gasteiger partial charge in [0.05, 0.1) is 0 Å². The van der Waals surface area contributed by atoms with Crippen molar-refractivity contribution in [3.05, 3.63) is 78.7 Å². The molecule has 0 saturated heterocycles. The molecule has 0 fully saturated rings. The fourth-order valence-electron chi connectivity index (χ4n) is 2.34. The van der Waals surface area contributed by atoms with Crippen molar-refractivity contribution < 1.29 is 22.8 Å². The highest BCUT2D eigenvalue weighted by atomic mass is 35.5. The number of benzene rings is 2. The van der Waals surface area contributed by atoms with Gasteiger partial charge < -0.3 is 0 Å². The number of halogens is 7. The summed E-state index contributed by atoms with van der Waals surface area (Å²) in [6, 6.07) is 7.76. The molecule has 0 aliphatic carbocycles. The Morgan fingerprint density at radius 1 is 0.871 bits per heavy atom. The lowest BCUT2D eigenvalue weighted by molar-refractivity contribution is -0.140. The first kappa shape index (κ1) is 23.6. The monoisotopic (exact) mass is 527 g/mol. The molecule has 1 N–H and O–H groups in total. The highest BCUT2D eigenvalue weighted by Crippen LogP contribution is 2.33. The number of thiazole rings is 1. The number of carbonyl (C=O) groups is 2. The maximum absolute atomic E-state index is 13.0. The first-order valence-electron chi connectivity index (χ1n) is 8.04. The Bertz CT molecular complexity index is 1130. The third-order valence-electron chi connectivity index (χ3n) is 3.62. The molecule has 3 aromatic rings. The van der Waals surface area contributed by atoms with Crippen LogP contribution in [0.15, 0.2) is 41.8 Å². The van der Waals surface area contributed by atoms with E-state index < -0.39 is 28.8 Å². The van der Waals surface area contributed by atoms with Crippen LogP contribution in [0.4, 0.5) is 18.3 Å². The first-order valence-corrected chi connectivity index (χ1v) is 10.4. The molecule has 0 aliphatic heterocycles. The number of nitrogens with zero attached hydrogens (tertiary/aromatic N) is 2. The third-order valence-corrected chi connectivity index (χ3v) is 5.32. The molecule has 0 radical (unpaired) electrons. The Kier molecular flexibility index (Phi) is 7.02. The third kappa shape index (κ3) is 5.81. The van der Waals surface area contributed by atoms with E-state index in [-0.39, 0.29) is 31.2 Å². The summed E-state index contributed by atoms with van der Waals surface area (Å²) in [5, 5.41) is 1.35. The Balaban J connectivity index is 2.02.